The molecule has 0 unspecified atom stereocenters. The fraction of sp³-hybridized carbons (Fsp3) is 0.105. The van der Waals surface area contributed by atoms with Crippen LogP contribution < -0.4 is 4.74 Å². The van der Waals surface area contributed by atoms with E-state index < -0.39 is 0 Å². The number of nitrogens with zero attached hydrogens (tertiary/aromatic N) is 4. The van der Waals surface area contributed by atoms with Gasteiger partial charge in [0.25, 0.3) is 0 Å². The van der Waals surface area contributed by atoms with Gasteiger partial charge in [0.05, 0.1) is 24.7 Å². The molecule has 27 heavy (non-hydrogen) atoms. The highest BCUT2D eigenvalue weighted by atomic mass is 35.5. The second-order valence-corrected chi connectivity index (χ2v) is 6.95. The predicted molar refractivity (Wildman–Crippen MR) is 104 cm³/mol. The van der Waals surface area contributed by atoms with Crippen LogP contribution in [0.3, 0.4) is 0 Å². The Morgan fingerprint density at radius 3 is 2.78 bits per heavy atom. The van der Waals surface area contributed by atoms with Crippen molar-refractivity contribution in [2.45, 2.75) is 10.9 Å². The third-order valence-electron chi connectivity index (χ3n) is 3.87. The van der Waals surface area contributed by atoms with Gasteiger partial charge in [0.15, 0.2) is 10.9 Å². The second-order valence-electron chi connectivity index (χ2n) is 5.57. The fourth-order valence-corrected chi connectivity index (χ4v) is 3.47. The number of halogens is 1. The molecular weight excluding hydrogens is 384 g/mol. The number of benzene rings is 2. The topological polar surface area (TPSA) is 66.0 Å². The molecule has 0 fully saturated rings. The van der Waals surface area contributed by atoms with Gasteiger partial charge in [0.2, 0.25) is 5.89 Å². The van der Waals surface area contributed by atoms with Crippen LogP contribution >= 0.6 is 23.4 Å². The maximum atomic E-state index is 5.92. The monoisotopic (exact) mass is 398 g/mol. The van der Waals surface area contributed by atoms with E-state index in [1.807, 2.05) is 53.1 Å². The standard InChI is InChI=1S/C19H15ClN4O2S/c1-25-16-5-3-2-4-15(16)24-12-22-23-19(24)27-11-18-21-10-17(26-18)13-6-8-14(20)9-7-13/h2-10,12H,11H2,1H3. The van der Waals surface area contributed by atoms with Crippen molar-refractivity contribution in [2.75, 3.05) is 7.11 Å². The SMILES string of the molecule is COc1ccccc1-n1cnnc1SCc1ncc(-c2ccc(Cl)cc2)o1. The lowest BCUT2D eigenvalue weighted by Gasteiger charge is -2.10. The number of methoxy groups -OCH3 is 1. The van der Waals surface area contributed by atoms with Gasteiger partial charge in [-0.3, -0.25) is 4.57 Å². The maximum Gasteiger partial charge on any atom is 0.205 e. The van der Waals surface area contributed by atoms with Crippen molar-refractivity contribution in [2.24, 2.45) is 0 Å². The van der Waals surface area contributed by atoms with Crippen LogP contribution in [0.25, 0.3) is 17.0 Å². The van der Waals surface area contributed by atoms with E-state index >= 15 is 0 Å². The zero-order chi connectivity index (χ0) is 18.6. The van der Waals surface area contributed by atoms with E-state index in [0.717, 1.165) is 22.2 Å². The molecule has 0 N–H and O–H groups in total. The van der Waals surface area contributed by atoms with E-state index in [2.05, 4.69) is 15.2 Å². The molecule has 0 aliphatic rings. The molecule has 136 valence electrons. The first-order valence-corrected chi connectivity index (χ1v) is 9.48. The maximum absolute atomic E-state index is 5.92. The van der Waals surface area contributed by atoms with Crippen molar-refractivity contribution in [3.8, 4) is 22.8 Å². The summed E-state index contributed by atoms with van der Waals surface area (Å²) >= 11 is 7.41. The minimum Gasteiger partial charge on any atom is -0.495 e. The highest BCUT2D eigenvalue weighted by Gasteiger charge is 2.13. The van der Waals surface area contributed by atoms with Gasteiger partial charge in [-0.25, -0.2) is 4.98 Å². The number of hydrogen-bond acceptors (Lipinski definition) is 6. The lowest BCUT2D eigenvalue weighted by Crippen LogP contribution is -1.98. The molecule has 2 aromatic heterocycles. The summed E-state index contributed by atoms with van der Waals surface area (Å²) in [5.74, 6) is 2.59. The van der Waals surface area contributed by atoms with E-state index in [-0.39, 0.29) is 0 Å². The first-order chi connectivity index (χ1) is 13.2. The van der Waals surface area contributed by atoms with Crippen LogP contribution in [0.2, 0.25) is 5.02 Å². The first kappa shape index (κ1) is 17.6. The van der Waals surface area contributed by atoms with Crippen molar-refractivity contribution in [1.29, 1.82) is 0 Å². The van der Waals surface area contributed by atoms with Crippen LogP contribution in [0, 0.1) is 0 Å². The first-order valence-electron chi connectivity index (χ1n) is 8.11. The van der Waals surface area contributed by atoms with Gasteiger partial charge in [0.1, 0.15) is 12.1 Å². The van der Waals surface area contributed by atoms with Crippen LogP contribution in [-0.4, -0.2) is 26.9 Å². The molecule has 0 aliphatic heterocycles. The van der Waals surface area contributed by atoms with Crippen LogP contribution in [0.1, 0.15) is 5.89 Å². The minimum absolute atomic E-state index is 0.529. The van der Waals surface area contributed by atoms with E-state index in [4.69, 9.17) is 20.8 Å². The van der Waals surface area contributed by atoms with Crippen molar-refractivity contribution in [1.82, 2.24) is 19.7 Å². The molecule has 0 atom stereocenters. The molecule has 0 bridgehead atoms. The Bertz CT molecular complexity index is 1050. The number of aromatic nitrogens is 4. The summed E-state index contributed by atoms with van der Waals surface area (Å²) in [5.41, 5.74) is 1.81. The molecule has 4 aromatic rings. The summed E-state index contributed by atoms with van der Waals surface area (Å²) in [6, 6.07) is 15.2. The molecule has 4 rings (SSSR count). The summed E-state index contributed by atoms with van der Waals surface area (Å²) in [6.07, 6.45) is 3.37. The number of para-hydroxylation sites is 2. The Morgan fingerprint density at radius 2 is 1.96 bits per heavy atom. The van der Waals surface area contributed by atoms with Crippen molar-refractivity contribution in [3.63, 3.8) is 0 Å². The average Bonchev–Trinajstić information content (AvgIpc) is 3.36. The van der Waals surface area contributed by atoms with Crippen molar-refractivity contribution in [3.05, 3.63) is 72.0 Å². The Labute approximate surface area is 165 Å². The molecule has 0 saturated carbocycles. The fourth-order valence-electron chi connectivity index (χ4n) is 2.57. The highest BCUT2D eigenvalue weighted by Crippen LogP contribution is 2.29. The van der Waals surface area contributed by atoms with E-state index in [1.165, 1.54) is 11.8 Å². The van der Waals surface area contributed by atoms with E-state index in [1.54, 1.807) is 19.6 Å². The molecule has 2 aromatic carbocycles. The highest BCUT2D eigenvalue weighted by molar-refractivity contribution is 7.98. The molecule has 8 heteroatoms. The quantitative estimate of drug-likeness (QED) is 0.431. The minimum atomic E-state index is 0.529. The molecule has 0 saturated heterocycles. The summed E-state index contributed by atoms with van der Waals surface area (Å²) in [6.45, 7) is 0. The number of thioether (sulfide) groups is 1. The largest absolute Gasteiger partial charge is 0.495 e. The van der Waals surface area contributed by atoms with Crippen molar-refractivity contribution < 1.29 is 9.15 Å². The van der Waals surface area contributed by atoms with Gasteiger partial charge >= 0.3 is 0 Å². The van der Waals surface area contributed by atoms with Crippen LogP contribution in [-0.2, 0) is 5.75 Å². The second kappa shape index (κ2) is 7.85. The summed E-state index contributed by atoms with van der Waals surface area (Å²) in [5, 5.41) is 9.63. The van der Waals surface area contributed by atoms with Gasteiger partial charge in [0, 0.05) is 10.6 Å². The van der Waals surface area contributed by atoms with Crippen molar-refractivity contribution >= 4 is 23.4 Å². The Hall–Kier alpha value is -2.77. The predicted octanol–water partition coefficient (Wildman–Crippen LogP) is 4.88. The Kier molecular flexibility index (Phi) is 5.13. The Balaban J connectivity index is 1.51. The molecule has 0 spiro atoms. The lowest BCUT2D eigenvalue weighted by atomic mass is 10.2. The third kappa shape index (κ3) is 3.84. The summed E-state index contributed by atoms with van der Waals surface area (Å²) < 4.78 is 13.1. The van der Waals surface area contributed by atoms with Crippen LogP contribution in [0.15, 0.2) is 70.6 Å². The number of hydrogen-bond donors (Lipinski definition) is 0. The molecule has 0 radical (unpaired) electrons. The normalized spacial score (nSPS) is 10.9. The zero-order valence-corrected chi connectivity index (χ0v) is 15.9. The van der Waals surface area contributed by atoms with Crippen LogP contribution in [0.4, 0.5) is 0 Å². The van der Waals surface area contributed by atoms with Gasteiger partial charge in [-0.1, -0.05) is 35.5 Å². The Morgan fingerprint density at radius 1 is 1.15 bits per heavy atom. The number of oxazole rings is 1. The molecule has 0 aliphatic carbocycles. The smallest absolute Gasteiger partial charge is 0.205 e. The molecular formula is C19H15ClN4O2S. The zero-order valence-electron chi connectivity index (χ0n) is 14.4. The molecule has 2 heterocycles. The van der Waals surface area contributed by atoms with Gasteiger partial charge in [-0.05, 0) is 36.4 Å². The van der Waals surface area contributed by atoms with Gasteiger partial charge in [-0.15, -0.1) is 10.2 Å². The summed E-state index contributed by atoms with van der Waals surface area (Å²) in [4.78, 5) is 4.35. The summed E-state index contributed by atoms with van der Waals surface area (Å²) in [7, 11) is 1.64. The lowest BCUT2D eigenvalue weighted by molar-refractivity contribution is 0.412. The molecule has 6 nitrogen and oxygen atoms in total. The number of ether oxygens (including phenoxy) is 1. The molecule has 0 amide bonds. The van der Waals surface area contributed by atoms with Gasteiger partial charge in [-0.2, -0.15) is 0 Å². The third-order valence-corrected chi connectivity index (χ3v) is 5.05. The van der Waals surface area contributed by atoms with Crippen LogP contribution in [0.5, 0.6) is 5.75 Å². The average molecular weight is 399 g/mol. The van der Waals surface area contributed by atoms with Gasteiger partial charge < -0.3 is 9.15 Å². The van der Waals surface area contributed by atoms with E-state index in [9.17, 15) is 0 Å². The number of rotatable bonds is 6. The van der Waals surface area contributed by atoms with E-state index in [0.29, 0.717) is 22.4 Å².